The Bertz CT molecular complexity index is 389. The first-order valence-electron chi connectivity index (χ1n) is 5.18. The van der Waals surface area contributed by atoms with Crippen molar-refractivity contribution in [2.75, 3.05) is 19.9 Å². The lowest BCUT2D eigenvalue weighted by molar-refractivity contribution is 0.0752. The number of rotatable bonds is 3. The number of ether oxygens (including phenoxy) is 1. The van der Waals surface area contributed by atoms with Gasteiger partial charge in [-0.25, -0.2) is 0 Å². The number of hydrogen-bond acceptors (Lipinski definition) is 3. The minimum Gasteiger partial charge on any atom is -0.496 e. The smallest absolute Gasteiger partial charge is 0.259 e. The summed E-state index contributed by atoms with van der Waals surface area (Å²) in [6, 6.07) is 5.32. The van der Waals surface area contributed by atoms with Gasteiger partial charge in [-0.3, -0.25) is 4.79 Å². The van der Waals surface area contributed by atoms with Gasteiger partial charge < -0.3 is 15.4 Å². The summed E-state index contributed by atoms with van der Waals surface area (Å²) in [4.78, 5) is 13.8. The second-order valence-electron chi connectivity index (χ2n) is 3.93. The van der Waals surface area contributed by atoms with Crippen LogP contribution in [0.5, 0.6) is 5.75 Å². The van der Waals surface area contributed by atoms with E-state index in [4.69, 9.17) is 10.5 Å². The molecule has 4 heteroatoms. The van der Waals surface area contributed by atoms with E-state index < -0.39 is 0 Å². The molecule has 1 amide bonds. The van der Waals surface area contributed by atoms with Gasteiger partial charge in [0.15, 0.2) is 0 Å². The molecular formula is C12H18N2O2. The van der Waals surface area contributed by atoms with E-state index >= 15 is 0 Å². The largest absolute Gasteiger partial charge is 0.496 e. The Balaban J connectivity index is 3.17. The Morgan fingerprint density at radius 1 is 1.44 bits per heavy atom. The molecule has 0 aliphatic rings. The molecule has 16 heavy (non-hydrogen) atoms. The Labute approximate surface area is 96.0 Å². The van der Waals surface area contributed by atoms with Crippen molar-refractivity contribution in [3.05, 3.63) is 23.8 Å². The fourth-order valence-electron chi connectivity index (χ4n) is 1.36. The third-order valence-electron chi connectivity index (χ3n) is 2.59. The van der Waals surface area contributed by atoms with Crippen LogP contribution in [0.1, 0.15) is 24.2 Å². The molecule has 0 aromatic heterocycles. The van der Waals surface area contributed by atoms with E-state index in [-0.39, 0.29) is 11.9 Å². The first-order valence-corrected chi connectivity index (χ1v) is 5.18. The van der Waals surface area contributed by atoms with Crippen LogP contribution in [-0.4, -0.2) is 31.0 Å². The van der Waals surface area contributed by atoms with E-state index in [9.17, 15) is 4.79 Å². The van der Waals surface area contributed by atoms with Crippen molar-refractivity contribution in [2.24, 2.45) is 0 Å². The molecule has 0 unspecified atom stereocenters. The predicted molar refractivity (Wildman–Crippen MR) is 64.6 cm³/mol. The molecule has 0 radical (unpaired) electrons. The van der Waals surface area contributed by atoms with Crippen molar-refractivity contribution in [3.63, 3.8) is 0 Å². The van der Waals surface area contributed by atoms with Crippen molar-refractivity contribution in [2.45, 2.75) is 19.9 Å². The van der Waals surface area contributed by atoms with Gasteiger partial charge >= 0.3 is 0 Å². The first kappa shape index (κ1) is 12.4. The maximum absolute atomic E-state index is 12.2. The van der Waals surface area contributed by atoms with E-state index in [0.717, 1.165) is 0 Å². The molecule has 0 fully saturated rings. The summed E-state index contributed by atoms with van der Waals surface area (Å²) in [6.07, 6.45) is 0. The number of hydrogen-bond donors (Lipinski definition) is 1. The predicted octanol–water partition coefficient (Wildman–Crippen LogP) is 1.76. The zero-order valence-electron chi connectivity index (χ0n) is 10.2. The van der Waals surface area contributed by atoms with Crippen molar-refractivity contribution in [1.29, 1.82) is 0 Å². The molecule has 1 aromatic carbocycles. The lowest BCUT2D eigenvalue weighted by atomic mass is 10.1. The molecule has 88 valence electrons. The average Bonchev–Trinajstić information content (AvgIpc) is 2.26. The third-order valence-corrected chi connectivity index (χ3v) is 2.59. The fourth-order valence-corrected chi connectivity index (χ4v) is 1.36. The zero-order valence-corrected chi connectivity index (χ0v) is 10.2. The van der Waals surface area contributed by atoms with Crippen LogP contribution in [0, 0.1) is 0 Å². The Morgan fingerprint density at radius 2 is 2.06 bits per heavy atom. The Morgan fingerprint density at radius 3 is 2.56 bits per heavy atom. The number of carbonyl (C=O) groups excluding carboxylic acids is 1. The summed E-state index contributed by atoms with van der Waals surface area (Å²) in [5.74, 6) is 0.391. The highest BCUT2D eigenvalue weighted by Crippen LogP contribution is 2.25. The van der Waals surface area contributed by atoms with Gasteiger partial charge in [-0.15, -0.1) is 0 Å². The van der Waals surface area contributed by atoms with Gasteiger partial charge in [-0.05, 0) is 26.0 Å². The monoisotopic (exact) mass is 222 g/mol. The summed E-state index contributed by atoms with van der Waals surface area (Å²) >= 11 is 0. The highest BCUT2D eigenvalue weighted by molar-refractivity contribution is 6.01. The van der Waals surface area contributed by atoms with Crippen LogP contribution in [0.4, 0.5) is 5.69 Å². The molecule has 0 heterocycles. The van der Waals surface area contributed by atoms with Gasteiger partial charge in [0.25, 0.3) is 5.91 Å². The van der Waals surface area contributed by atoms with Gasteiger partial charge in [0.1, 0.15) is 11.3 Å². The summed E-state index contributed by atoms with van der Waals surface area (Å²) in [6.45, 7) is 3.90. The topological polar surface area (TPSA) is 55.6 Å². The number of nitrogens with two attached hydrogens (primary N) is 1. The number of nitrogens with zero attached hydrogens (tertiary/aromatic N) is 1. The van der Waals surface area contributed by atoms with Gasteiger partial charge in [0.2, 0.25) is 0 Å². The van der Waals surface area contributed by atoms with E-state index in [1.165, 1.54) is 7.11 Å². The number of methoxy groups -OCH3 is 1. The number of nitrogen functional groups attached to an aromatic ring is 1. The van der Waals surface area contributed by atoms with Crippen LogP contribution in [0.2, 0.25) is 0 Å². The van der Waals surface area contributed by atoms with Crippen LogP contribution >= 0.6 is 0 Å². The van der Waals surface area contributed by atoms with Crippen molar-refractivity contribution < 1.29 is 9.53 Å². The molecule has 0 atom stereocenters. The van der Waals surface area contributed by atoms with Crippen molar-refractivity contribution in [3.8, 4) is 5.75 Å². The van der Waals surface area contributed by atoms with E-state index in [1.807, 2.05) is 13.8 Å². The summed E-state index contributed by atoms with van der Waals surface area (Å²) in [5.41, 5.74) is 6.68. The lowest BCUT2D eigenvalue weighted by Crippen LogP contribution is -2.33. The molecule has 0 aliphatic carbocycles. The molecule has 1 aromatic rings. The van der Waals surface area contributed by atoms with Gasteiger partial charge in [-0.2, -0.15) is 0 Å². The summed E-state index contributed by atoms with van der Waals surface area (Å²) in [5, 5.41) is 0. The third kappa shape index (κ3) is 2.27. The van der Waals surface area contributed by atoms with E-state index in [1.54, 1.807) is 30.1 Å². The van der Waals surface area contributed by atoms with Crippen LogP contribution < -0.4 is 10.5 Å². The standard InChI is InChI=1S/C12H18N2O2/c1-8(2)14(3)12(15)11-9(13)6-5-7-10(11)16-4/h5-8H,13H2,1-4H3. The summed E-state index contributed by atoms with van der Waals surface area (Å²) in [7, 11) is 3.28. The molecule has 0 saturated heterocycles. The fraction of sp³-hybridized carbons (Fsp3) is 0.417. The highest BCUT2D eigenvalue weighted by Gasteiger charge is 2.20. The Hall–Kier alpha value is -1.71. The number of amides is 1. The number of anilines is 1. The average molecular weight is 222 g/mol. The van der Waals surface area contributed by atoms with Crippen LogP contribution in [0.3, 0.4) is 0 Å². The van der Waals surface area contributed by atoms with Crippen LogP contribution in [0.25, 0.3) is 0 Å². The van der Waals surface area contributed by atoms with Gasteiger partial charge in [-0.1, -0.05) is 6.07 Å². The second kappa shape index (κ2) is 4.88. The molecule has 4 nitrogen and oxygen atoms in total. The summed E-state index contributed by atoms with van der Waals surface area (Å²) < 4.78 is 5.15. The van der Waals surface area contributed by atoms with E-state index in [2.05, 4.69) is 0 Å². The Kier molecular flexibility index (Phi) is 3.77. The number of carbonyl (C=O) groups is 1. The molecule has 2 N–H and O–H groups in total. The van der Waals surface area contributed by atoms with Crippen LogP contribution in [-0.2, 0) is 0 Å². The van der Waals surface area contributed by atoms with Crippen LogP contribution in [0.15, 0.2) is 18.2 Å². The van der Waals surface area contributed by atoms with Gasteiger partial charge in [0.05, 0.1) is 7.11 Å². The molecule has 0 bridgehead atoms. The molecule has 0 spiro atoms. The second-order valence-corrected chi connectivity index (χ2v) is 3.93. The number of benzene rings is 1. The zero-order chi connectivity index (χ0) is 12.3. The first-order chi connectivity index (χ1) is 7.49. The maximum atomic E-state index is 12.2. The minimum atomic E-state index is -0.120. The lowest BCUT2D eigenvalue weighted by Gasteiger charge is -2.23. The SMILES string of the molecule is COc1cccc(N)c1C(=O)N(C)C(C)C. The molecule has 0 aliphatic heterocycles. The normalized spacial score (nSPS) is 10.3. The minimum absolute atomic E-state index is 0.120. The van der Waals surface area contributed by atoms with Crippen molar-refractivity contribution >= 4 is 11.6 Å². The van der Waals surface area contributed by atoms with Crippen molar-refractivity contribution in [1.82, 2.24) is 4.90 Å². The molecule has 1 rings (SSSR count). The maximum Gasteiger partial charge on any atom is 0.259 e. The quantitative estimate of drug-likeness (QED) is 0.793. The van der Waals surface area contributed by atoms with Gasteiger partial charge in [0, 0.05) is 18.8 Å². The van der Waals surface area contributed by atoms with E-state index in [0.29, 0.717) is 17.0 Å². The molecular weight excluding hydrogens is 204 g/mol. The highest BCUT2D eigenvalue weighted by atomic mass is 16.5. The molecule has 0 saturated carbocycles.